The number of benzene rings is 1. The zero-order valence-electron chi connectivity index (χ0n) is 12.8. The molecule has 0 fully saturated rings. The van der Waals surface area contributed by atoms with E-state index in [0.29, 0.717) is 5.92 Å². The van der Waals surface area contributed by atoms with Crippen LogP contribution < -0.4 is 9.47 Å². The van der Waals surface area contributed by atoms with E-state index in [1.807, 2.05) is 12.1 Å². The highest BCUT2D eigenvalue weighted by Gasteiger charge is 2.37. The Labute approximate surface area is 126 Å². The van der Waals surface area contributed by atoms with Gasteiger partial charge in [-0.1, -0.05) is 24.3 Å². The average Bonchev–Trinajstić information content (AvgIpc) is 2.87. The third-order valence-electron chi connectivity index (χ3n) is 4.32. The fraction of sp³-hybridized carbons (Fsp3) is 0.444. The molecule has 0 spiro atoms. The van der Waals surface area contributed by atoms with Crippen LogP contribution in [0.5, 0.6) is 11.5 Å². The summed E-state index contributed by atoms with van der Waals surface area (Å²) in [5, 5.41) is 0. The fourth-order valence-corrected chi connectivity index (χ4v) is 3.35. The minimum atomic E-state index is 0.268. The van der Waals surface area contributed by atoms with Gasteiger partial charge in [-0.2, -0.15) is 0 Å². The maximum atomic E-state index is 6.20. The third-order valence-corrected chi connectivity index (χ3v) is 4.32. The second-order valence-corrected chi connectivity index (χ2v) is 5.84. The molecule has 21 heavy (non-hydrogen) atoms. The van der Waals surface area contributed by atoms with Crippen molar-refractivity contribution in [3.05, 3.63) is 48.1 Å². The van der Waals surface area contributed by atoms with Gasteiger partial charge in [0.05, 0.1) is 7.11 Å². The van der Waals surface area contributed by atoms with Crippen LogP contribution in [0.3, 0.4) is 0 Å². The molecule has 1 heterocycles. The first-order chi connectivity index (χ1) is 10.2. The summed E-state index contributed by atoms with van der Waals surface area (Å²) in [6.45, 7) is 5.59. The van der Waals surface area contributed by atoms with E-state index in [1.54, 1.807) is 7.11 Å². The molecule has 3 heteroatoms. The minimum absolute atomic E-state index is 0.268. The van der Waals surface area contributed by atoms with Crippen LogP contribution in [0.2, 0.25) is 0 Å². The Kier molecular flexibility index (Phi) is 4.02. The molecule has 1 aliphatic carbocycles. The Hall–Kier alpha value is -1.74. The van der Waals surface area contributed by atoms with Crippen LogP contribution in [0.15, 0.2) is 36.9 Å². The van der Waals surface area contributed by atoms with E-state index in [9.17, 15) is 0 Å². The van der Waals surface area contributed by atoms with Gasteiger partial charge in [0.2, 0.25) is 0 Å². The van der Waals surface area contributed by atoms with E-state index in [1.165, 1.54) is 11.1 Å². The molecule has 3 nitrogen and oxygen atoms in total. The van der Waals surface area contributed by atoms with Crippen molar-refractivity contribution in [1.29, 1.82) is 0 Å². The second kappa shape index (κ2) is 5.94. The molecule has 1 aromatic rings. The average molecular weight is 285 g/mol. The molecule has 1 aromatic carbocycles. The van der Waals surface area contributed by atoms with Crippen molar-refractivity contribution in [3.8, 4) is 11.5 Å². The molecule has 0 saturated carbocycles. The van der Waals surface area contributed by atoms with Gasteiger partial charge in [-0.15, -0.1) is 6.58 Å². The lowest BCUT2D eigenvalue weighted by Gasteiger charge is -2.21. The molecule has 2 atom stereocenters. The molecule has 0 bridgehead atoms. The number of allylic oxidation sites excluding steroid dienone is 1. The van der Waals surface area contributed by atoms with Gasteiger partial charge >= 0.3 is 0 Å². The molecule has 0 amide bonds. The van der Waals surface area contributed by atoms with Gasteiger partial charge in [0.25, 0.3) is 0 Å². The quantitative estimate of drug-likeness (QED) is 0.773. The first-order valence-electron chi connectivity index (χ1n) is 7.57. The number of hydrogen-bond donors (Lipinski definition) is 0. The van der Waals surface area contributed by atoms with E-state index in [-0.39, 0.29) is 6.10 Å². The maximum Gasteiger partial charge on any atom is 0.165 e. The minimum Gasteiger partial charge on any atom is -0.493 e. The summed E-state index contributed by atoms with van der Waals surface area (Å²) in [5.74, 6) is 2.17. The van der Waals surface area contributed by atoms with Crippen LogP contribution in [0.25, 0.3) is 0 Å². The molecule has 1 aliphatic heterocycles. The van der Waals surface area contributed by atoms with E-state index in [2.05, 4.69) is 36.7 Å². The third kappa shape index (κ3) is 2.58. The molecule has 112 valence electrons. The Morgan fingerprint density at radius 3 is 3.10 bits per heavy atom. The molecule has 0 saturated heterocycles. The number of nitrogens with zero attached hydrogens (tertiary/aromatic N) is 1. The predicted molar refractivity (Wildman–Crippen MR) is 85.1 cm³/mol. The van der Waals surface area contributed by atoms with Crippen LogP contribution in [0, 0.1) is 0 Å². The van der Waals surface area contributed by atoms with E-state index in [4.69, 9.17) is 9.47 Å². The number of rotatable bonds is 5. The molecule has 3 rings (SSSR count). The smallest absolute Gasteiger partial charge is 0.165 e. The monoisotopic (exact) mass is 285 g/mol. The van der Waals surface area contributed by atoms with Gasteiger partial charge in [-0.05, 0) is 31.5 Å². The molecule has 0 aromatic heterocycles. The van der Waals surface area contributed by atoms with E-state index >= 15 is 0 Å². The van der Waals surface area contributed by atoms with Crippen LogP contribution >= 0.6 is 0 Å². The molecule has 0 radical (unpaired) electrons. The maximum absolute atomic E-state index is 6.20. The Balaban J connectivity index is 1.99. The lowest BCUT2D eigenvalue weighted by atomic mass is 9.86. The lowest BCUT2D eigenvalue weighted by molar-refractivity contribution is 0.198. The van der Waals surface area contributed by atoms with E-state index < -0.39 is 0 Å². The van der Waals surface area contributed by atoms with Gasteiger partial charge < -0.3 is 9.47 Å². The lowest BCUT2D eigenvalue weighted by Crippen LogP contribution is -2.21. The van der Waals surface area contributed by atoms with Crippen molar-refractivity contribution in [1.82, 2.24) is 4.90 Å². The Morgan fingerprint density at radius 2 is 2.33 bits per heavy atom. The summed E-state index contributed by atoms with van der Waals surface area (Å²) in [4.78, 5) is 2.26. The molecule has 0 N–H and O–H groups in total. The normalized spacial score (nSPS) is 22.6. The predicted octanol–water partition coefficient (Wildman–Crippen LogP) is 3.51. The fourth-order valence-electron chi connectivity index (χ4n) is 3.35. The van der Waals surface area contributed by atoms with Crippen LogP contribution in [-0.2, 0) is 6.54 Å². The van der Waals surface area contributed by atoms with Gasteiger partial charge in [0.15, 0.2) is 11.5 Å². The van der Waals surface area contributed by atoms with Gasteiger partial charge in [-0.25, -0.2) is 0 Å². The summed E-state index contributed by atoms with van der Waals surface area (Å²) in [5.41, 5.74) is 2.64. The number of likely N-dealkylation sites (N-methyl/N-ethyl adjacent to an activating group) is 1. The SMILES string of the molecule is C=CCN(C)Cc1ccc(OC)c2c1C1C=CCC[C@@H]1O2. The standard InChI is InChI=1S/C18H23NO2/c1-4-11-19(2)12-13-9-10-16(20-3)18-17(13)14-7-5-6-8-15(14)21-18/h4-5,7,9-10,14-15H,1,6,8,11-12H2,2-3H3/t14?,15-/m0/s1. The second-order valence-electron chi connectivity index (χ2n) is 5.84. The zero-order valence-corrected chi connectivity index (χ0v) is 12.8. The van der Waals surface area contributed by atoms with Gasteiger partial charge in [-0.3, -0.25) is 4.90 Å². The summed E-state index contributed by atoms with van der Waals surface area (Å²) >= 11 is 0. The molecule has 1 unspecified atom stereocenters. The highest BCUT2D eigenvalue weighted by Crippen LogP contribution is 2.49. The largest absolute Gasteiger partial charge is 0.493 e. The van der Waals surface area contributed by atoms with Crippen molar-refractivity contribution in [2.75, 3.05) is 20.7 Å². The molecular formula is C18H23NO2. The molecular weight excluding hydrogens is 262 g/mol. The van der Waals surface area contributed by atoms with Crippen molar-refractivity contribution in [3.63, 3.8) is 0 Å². The van der Waals surface area contributed by atoms with Crippen molar-refractivity contribution in [2.24, 2.45) is 0 Å². The van der Waals surface area contributed by atoms with Crippen LogP contribution in [0.1, 0.15) is 29.9 Å². The summed E-state index contributed by atoms with van der Waals surface area (Å²) < 4.78 is 11.7. The number of ether oxygens (including phenoxy) is 2. The highest BCUT2D eigenvalue weighted by molar-refractivity contribution is 5.57. The van der Waals surface area contributed by atoms with E-state index in [0.717, 1.165) is 37.4 Å². The van der Waals surface area contributed by atoms with Gasteiger partial charge in [0.1, 0.15) is 6.10 Å². The highest BCUT2D eigenvalue weighted by atomic mass is 16.5. The van der Waals surface area contributed by atoms with Crippen LogP contribution in [-0.4, -0.2) is 31.7 Å². The topological polar surface area (TPSA) is 21.7 Å². The number of methoxy groups -OCH3 is 1. The first kappa shape index (κ1) is 14.2. The molecule has 2 aliphatic rings. The number of fused-ring (bicyclic) bond motifs is 3. The Morgan fingerprint density at radius 1 is 1.48 bits per heavy atom. The van der Waals surface area contributed by atoms with Gasteiger partial charge in [0, 0.05) is 24.6 Å². The van der Waals surface area contributed by atoms with Crippen molar-refractivity contribution in [2.45, 2.75) is 31.4 Å². The zero-order chi connectivity index (χ0) is 14.8. The van der Waals surface area contributed by atoms with Crippen LogP contribution in [0.4, 0.5) is 0 Å². The Bertz CT molecular complexity index is 565. The van der Waals surface area contributed by atoms with Crippen molar-refractivity contribution >= 4 is 0 Å². The first-order valence-corrected chi connectivity index (χ1v) is 7.57. The number of hydrogen-bond acceptors (Lipinski definition) is 3. The summed E-state index contributed by atoms with van der Waals surface area (Å²) in [6, 6.07) is 4.20. The summed E-state index contributed by atoms with van der Waals surface area (Å²) in [7, 11) is 3.82. The summed E-state index contributed by atoms with van der Waals surface area (Å²) in [6.07, 6.45) is 8.96. The van der Waals surface area contributed by atoms with Crippen molar-refractivity contribution < 1.29 is 9.47 Å².